The molecular weight excluding hydrogens is 192 g/mol. The van der Waals surface area contributed by atoms with Crippen molar-refractivity contribution in [2.24, 2.45) is 0 Å². The van der Waals surface area contributed by atoms with Crippen molar-refractivity contribution in [3.63, 3.8) is 0 Å². The van der Waals surface area contributed by atoms with Crippen LogP contribution in [0.15, 0.2) is 18.2 Å². The normalized spacial score (nSPS) is 16.7. The van der Waals surface area contributed by atoms with Crippen LogP contribution in [0.5, 0.6) is 11.5 Å². The number of hydrogen-bond donors (Lipinski definition) is 0. The van der Waals surface area contributed by atoms with Gasteiger partial charge in [-0.1, -0.05) is 12.1 Å². The minimum Gasteiger partial charge on any atom is -0.483 e. The Morgan fingerprint density at radius 2 is 2.33 bits per heavy atom. The average Bonchev–Trinajstić information content (AvgIpc) is 2.49. The monoisotopic (exact) mass is 205 g/mol. The minimum atomic E-state index is -0.188. The smallest absolute Gasteiger partial charge is 0.239 e. The van der Waals surface area contributed by atoms with Gasteiger partial charge < -0.3 is 9.47 Å². The van der Waals surface area contributed by atoms with E-state index in [-0.39, 0.29) is 12.2 Å². The first-order valence-corrected chi connectivity index (χ1v) is 4.91. The summed E-state index contributed by atoms with van der Waals surface area (Å²) in [6, 6.07) is 5.73. The molecule has 1 aliphatic rings. The van der Waals surface area contributed by atoms with Gasteiger partial charge in [-0.3, -0.25) is 4.79 Å². The lowest BCUT2D eigenvalue weighted by molar-refractivity contribution is 0.133. The third kappa shape index (κ3) is 1.96. The van der Waals surface area contributed by atoms with E-state index in [2.05, 4.69) is 0 Å². The largest absolute Gasteiger partial charge is 0.483 e. The summed E-state index contributed by atoms with van der Waals surface area (Å²) in [6.07, 6.45) is 2.57. The van der Waals surface area contributed by atoms with Gasteiger partial charge in [-0.05, 0) is 19.9 Å². The van der Waals surface area contributed by atoms with Crippen molar-refractivity contribution in [2.45, 2.75) is 25.9 Å². The van der Waals surface area contributed by atoms with E-state index >= 15 is 0 Å². The van der Waals surface area contributed by atoms with Gasteiger partial charge in [-0.2, -0.15) is 0 Å². The lowest BCUT2D eigenvalue weighted by Gasteiger charge is -2.17. The summed E-state index contributed by atoms with van der Waals surface area (Å²) in [5.74, 6) is 1.39. The van der Waals surface area contributed by atoms with Crippen LogP contribution >= 0.6 is 0 Å². The lowest BCUT2D eigenvalue weighted by atomic mass is 10.0. The van der Waals surface area contributed by atoms with Gasteiger partial charge in [0, 0.05) is 12.0 Å². The maximum Gasteiger partial charge on any atom is 0.239 e. The second kappa shape index (κ2) is 3.57. The van der Waals surface area contributed by atoms with Gasteiger partial charge in [0.15, 0.2) is 18.1 Å². The van der Waals surface area contributed by atoms with Crippen molar-refractivity contribution >= 4 is 6.29 Å². The summed E-state index contributed by atoms with van der Waals surface area (Å²) in [5.41, 5.74) is 0.940. The van der Waals surface area contributed by atoms with Crippen LogP contribution in [0.3, 0.4) is 0 Å². The van der Waals surface area contributed by atoms with E-state index in [4.69, 9.17) is 9.47 Å². The molecular formula is C12H13O3. The topological polar surface area (TPSA) is 35.5 Å². The van der Waals surface area contributed by atoms with Crippen molar-refractivity contribution in [1.82, 2.24) is 0 Å². The van der Waals surface area contributed by atoms with Crippen molar-refractivity contribution in [3.05, 3.63) is 23.8 Å². The number of rotatable bonds is 3. The highest BCUT2D eigenvalue weighted by atomic mass is 16.5. The molecule has 1 aromatic rings. The molecule has 1 aromatic carbocycles. The Morgan fingerprint density at radius 1 is 1.53 bits per heavy atom. The third-order valence-electron chi connectivity index (χ3n) is 2.34. The summed E-state index contributed by atoms with van der Waals surface area (Å²) >= 11 is 0. The number of para-hydroxylation sites is 1. The van der Waals surface area contributed by atoms with E-state index in [0.717, 1.165) is 17.7 Å². The van der Waals surface area contributed by atoms with Gasteiger partial charge in [0.1, 0.15) is 5.60 Å². The zero-order valence-electron chi connectivity index (χ0n) is 8.87. The number of fused-ring (bicyclic) bond motifs is 1. The second-order valence-corrected chi connectivity index (χ2v) is 4.22. The summed E-state index contributed by atoms with van der Waals surface area (Å²) < 4.78 is 11.0. The predicted molar refractivity (Wildman–Crippen MR) is 56.0 cm³/mol. The molecule has 0 aromatic heterocycles. The molecule has 0 spiro atoms. The molecule has 0 fully saturated rings. The lowest BCUT2D eigenvalue weighted by Crippen LogP contribution is -2.24. The highest BCUT2D eigenvalue weighted by Crippen LogP contribution is 2.41. The van der Waals surface area contributed by atoms with Crippen molar-refractivity contribution < 1.29 is 14.3 Å². The number of benzene rings is 1. The third-order valence-corrected chi connectivity index (χ3v) is 2.34. The maximum absolute atomic E-state index is 10.1. The minimum absolute atomic E-state index is 0.0553. The van der Waals surface area contributed by atoms with Crippen LogP contribution < -0.4 is 9.47 Å². The Balaban J connectivity index is 2.29. The van der Waals surface area contributed by atoms with Gasteiger partial charge in [-0.25, -0.2) is 0 Å². The Morgan fingerprint density at radius 3 is 3.07 bits per heavy atom. The first-order chi connectivity index (χ1) is 7.12. The van der Waals surface area contributed by atoms with Gasteiger partial charge in [0.25, 0.3) is 0 Å². The Hall–Kier alpha value is -1.51. The van der Waals surface area contributed by atoms with Crippen molar-refractivity contribution in [3.8, 4) is 11.5 Å². The molecule has 0 bridgehead atoms. The highest BCUT2D eigenvalue weighted by molar-refractivity contribution is 5.55. The summed E-state index contributed by atoms with van der Waals surface area (Å²) in [4.78, 5) is 10.1. The van der Waals surface area contributed by atoms with E-state index in [9.17, 15) is 4.79 Å². The molecule has 0 saturated carbocycles. The van der Waals surface area contributed by atoms with Crippen LogP contribution in [-0.4, -0.2) is 18.5 Å². The van der Waals surface area contributed by atoms with Crippen LogP contribution in [0, 0.1) is 0 Å². The van der Waals surface area contributed by atoms with E-state index in [1.165, 1.54) is 0 Å². The molecule has 0 saturated heterocycles. The van der Waals surface area contributed by atoms with E-state index in [0.29, 0.717) is 5.75 Å². The Bertz CT molecular complexity index is 382. The number of ether oxygens (including phenoxy) is 2. The Labute approximate surface area is 89.0 Å². The molecule has 3 nitrogen and oxygen atoms in total. The molecule has 1 heterocycles. The fourth-order valence-electron chi connectivity index (χ4n) is 1.81. The van der Waals surface area contributed by atoms with Crippen LogP contribution in [0.2, 0.25) is 0 Å². The van der Waals surface area contributed by atoms with E-state index < -0.39 is 0 Å². The molecule has 1 aliphatic heterocycles. The molecule has 1 radical (unpaired) electrons. The maximum atomic E-state index is 10.1. The first kappa shape index (κ1) is 10.0. The fraction of sp³-hybridized carbons (Fsp3) is 0.417. The molecule has 79 valence electrons. The standard InChI is InChI=1S/C12H13O3/c1-12(2)8-9-4-3-5-10(11(9)15-12)14-7-6-13/h3-5H,7-8H2,1-2H3. The van der Waals surface area contributed by atoms with E-state index in [1.54, 1.807) is 12.4 Å². The SMILES string of the molecule is CC1(C)Cc2cccc(OC[C]=O)c2O1. The molecule has 3 heteroatoms. The zero-order valence-corrected chi connectivity index (χ0v) is 8.87. The van der Waals surface area contributed by atoms with Crippen LogP contribution in [0.25, 0.3) is 0 Å². The molecule has 0 amide bonds. The van der Waals surface area contributed by atoms with Crippen LogP contribution in [0.1, 0.15) is 19.4 Å². The van der Waals surface area contributed by atoms with Crippen LogP contribution in [-0.2, 0) is 11.2 Å². The van der Waals surface area contributed by atoms with E-state index in [1.807, 2.05) is 26.0 Å². The summed E-state index contributed by atoms with van der Waals surface area (Å²) in [5, 5.41) is 0. The van der Waals surface area contributed by atoms with Crippen molar-refractivity contribution in [2.75, 3.05) is 6.61 Å². The zero-order chi connectivity index (χ0) is 10.9. The number of hydrogen-bond acceptors (Lipinski definition) is 3. The predicted octanol–water partition coefficient (Wildman–Crippen LogP) is 1.89. The van der Waals surface area contributed by atoms with Crippen molar-refractivity contribution in [1.29, 1.82) is 0 Å². The molecule has 2 rings (SSSR count). The Kier molecular flexibility index (Phi) is 2.39. The summed E-state index contributed by atoms with van der Waals surface area (Å²) in [6.45, 7) is 4.01. The fourth-order valence-corrected chi connectivity index (χ4v) is 1.81. The quantitative estimate of drug-likeness (QED) is 0.755. The van der Waals surface area contributed by atoms with Gasteiger partial charge in [0.05, 0.1) is 0 Å². The van der Waals surface area contributed by atoms with Gasteiger partial charge >= 0.3 is 0 Å². The second-order valence-electron chi connectivity index (χ2n) is 4.22. The molecule has 0 unspecified atom stereocenters. The summed E-state index contributed by atoms with van der Waals surface area (Å²) in [7, 11) is 0. The molecule has 0 atom stereocenters. The first-order valence-electron chi connectivity index (χ1n) is 4.91. The van der Waals surface area contributed by atoms with Gasteiger partial charge in [-0.15, -0.1) is 0 Å². The van der Waals surface area contributed by atoms with Crippen LogP contribution in [0.4, 0.5) is 0 Å². The highest BCUT2D eigenvalue weighted by Gasteiger charge is 2.32. The number of carbonyl (C=O) groups excluding carboxylic acids is 1. The molecule has 15 heavy (non-hydrogen) atoms. The molecule has 0 N–H and O–H groups in total. The average molecular weight is 205 g/mol. The van der Waals surface area contributed by atoms with Gasteiger partial charge in [0.2, 0.25) is 6.29 Å². The molecule has 0 aliphatic carbocycles.